The molecule has 0 spiro atoms. The van der Waals surface area contributed by atoms with Crippen LogP contribution in [0, 0.1) is 11.8 Å². The molecular formula is C14H22O7S2. The molecule has 1 heterocycles. The third-order valence-corrected chi connectivity index (χ3v) is 4.60. The maximum absolute atomic E-state index is 11.0. The molecule has 132 valence electrons. The van der Waals surface area contributed by atoms with Crippen molar-refractivity contribution in [3.63, 3.8) is 0 Å². The minimum absolute atomic E-state index is 0.0103. The van der Waals surface area contributed by atoms with E-state index in [-0.39, 0.29) is 30.3 Å². The van der Waals surface area contributed by atoms with Crippen molar-refractivity contribution in [2.24, 2.45) is 11.8 Å². The molecule has 23 heavy (non-hydrogen) atoms. The molecule has 1 fully saturated rings. The number of thioether (sulfide) groups is 1. The quantitative estimate of drug-likeness (QED) is 0.456. The Morgan fingerprint density at radius 2 is 1.74 bits per heavy atom. The zero-order valence-electron chi connectivity index (χ0n) is 12.6. The second-order valence-corrected chi connectivity index (χ2v) is 6.61. The van der Waals surface area contributed by atoms with Crippen molar-refractivity contribution in [2.75, 3.05) is 11.5 Å². The normalized spacial score (nSPS) is 18.0. The number of thiol groups is 1. The van der Waals surface area contributed by atoms with Crippen LogP contribution in [-0.2, 0) is 19.2 Å². The van der Waals surface area contributed by atoms with Gasteiger partial charge in [0.05, 0.1) is 5.92 Å². The predicted octanol–water partition coefficient (Wildman–Crippen LogP) is 2.00. The molecule has 7 nitrogen and oxygen atoms in total. The number of carboxylic acids is 3. The van der Waals surface area contributed by atoms with Gasteiger partial charge in [0.2, 0.25) is 0 Å². The average Bonchev–Trinajstić information content (AvgIpc) is 2.86. The van der Waals surface area contributed by atoms with Crippen LogP contribution in [0.4, 0.5) is 0 Å². The van der Waals surface area contributed by atoms with Gasteiger partial charge in [0, 0.05) is 24.5 Å². The van der Waals surface area contributed by atoms with Gasteiger partial charge in [-0.15, -0.1) is 0 Å². The van der Waals surface area contributed by atoms with E-state index >= 15 is 0 Å². The highest BCUT2D eigenvalue weighted by Crippen LogP contribution is 2.28. The second kappa shape index (κ2) is 12.2. The van der Waals surface area contributed by atoms with Crippen molar-refractivity contribution in [1.82, 2.24) is 0 Å². The summed E-state index contributed by atoms with van der Waals surface area (Å²) in [7, 11) is 0. The van der Waals surface area contributed by atoms with Crippen LogP contribution < -0.4 is 0 Å². The highest BCUT2D eigenvalue weighted by Gasteiger charge is 2.25. The molecule has 2 unspecified atom stereocenters. The lowest BCUT2D eigenvalue weighted by molar-refractivity contribution is -0.143. The van der Waals surface area contributed by atoms with Gasteiger partial charge in [-0.3, -0.25) is 19.2 Å². The van der Waals surface area contributed by atoms with Gasteiger partial charge >= 0.3 is 17.9 Å². The van der Waals surface area contributed by atoms with E-state index in [9.17, 15) is 19.2 Å². The van der Waals surface area contributed by atoms with Crippen LogP contribution in [0.2, 0.25) is 0 Å². The van der Waals surface area contributed by atoms with Crippen LogP contribution in [0.25, 0.3) is 0 Å². The molecule has 1 saturated heterocycles. The van der Waals surface area contributed by atoms with Crippen molar-refractivity contribution >= 4 is 47.4 Å². The summed E-state index contributed by atoms with van der Waals surface area (Å²) in [5, 5.41) is 25.4. The first-order valence-corrected chi connectivity index (χ1v) is 8.83. The molecule has 1 rings (SSSR count). The van der Waals surface area contributed by atoms with Crippen molar-refractivity contribution in [1.29, 1.82) is 0 Å². The first-order chi connectivity index (χ1) is 10.8. The Morgan fingerprint density at radius 3 is 2.13 bits per heavy atom. The largest absolute Gasteiger partial charge is 0.481 e. The monoisotopic (exact) mass is 366 g/mol. The number of aliphatic carboxylic acids is 3. The highest BCUT2D eigenvalue weighted by molar-refractivity contribution is 8.14. The highest BCUT2D eigenvalue weighted by atomic mass is 32.2. The average molecular weight is 366 g/mol. The molecule has 0 aromatic rings. The third kappa shape index (κ3) is 11.0. The van der Waals surface area contributed by atoms with E-state index in [1.165, 1.54) is 11.8 Å². The fraction of sp³-hybridized carbons (Fsp3) is 0.714. The molecule has 3 N–H and O–H groups in total. The Bertz CT molecular complexity index is 425. The molecule has 0 amide bonds. The topological polar surface area (TPSA) is 129 Å². The first-order valence-electron chi connectivity index (χ1n) is 7.21. The van der Waals surface area contributed by atoms with E-state index in [0.29, 0.717) is 18.6 Å². The van der Waals surface area contributed by atoms with E-state index < -0.39 is 23.8 Å². The molecule has 0 aromatic heterocycles. The van der Waals surface area contributed by atoms with Gasteiger partial charge in [-0.25, -0.2) is 0 Å². The van der Waals surface area contributed by atoms with Crippen LogP contribution in [0.5, 0.6) is 0 Å². The summed E-state index contributed by atoms with van der Waals surface area (Å²) in [6.45, 7) is 0. The summed E-state index contributed by atoms with van der Waals surface area (Å²) in [6.07, 6.45) is 2.01. The molecule has 0 bridgehead atoms. The van der Waals surface area contributed by atoms with E-state index in [0.717, 1.165) is 12.2 Å². The standard InChI is InChI=1S/C7H12O4S.C7H10O3S/c8-6(9)2-1-5(3-4-12)7(10)11;8-6(9)2-1-5-3-4-11-7(5)10/h5,12H,1-4H2,(H,8,9)(H,10,11);5H,1-4H2,(H,8,9). The Kier molecular flexibility index (Phi) is 11.6. The number of hydrogen-bond acceptors (Lipinski definition) is 6. The van der Waals surface area contributed by atoms with Gasteiger partial charge in [-0.1, -0.05) is 11.8 Å². The molecule has 9 heteroatoms. The van der Waals surface area contributed by atoms with Gasteiger partial charge in [0.25, 0.3) is 0 Å². The van der Waals surface area contributed by atoms with Gasteiger partial charge in [-0.2, -0.15) is 12.6 Å². The number of carbonyl (C=O) groups is 4. The van der Waals surface area contributed by atoms with E-state index in [2.05, 4.69) is 12.6 Å². The SMILES string of the molecule is O=C(O)CCC(CCS)C(=O)O.O=C(O)CCC1CCSC1=O. The summed E-state index contributed by atoms with van der Waals surface area (Å²) in [5.41, 5.74) is 0. The number of carbonyl (C=O) groups excluding carboxylic acids is 1. The van der Waals surface area contributed by atoms with Gasteiger partial charge < -0.3 is 15.3 Å². The molecule has 1 aliphatic heterocycles. The maximum atomic E-state index is 11.0. The summed E-state index contributed by atoms with van der Waals surface area (Å²) in [5.74, 6) is -1.94. The smallest absolute Gasteiger partial charge is 0.306 e. The van der Waals surface area contributed by atoms with E-state index in [4.69, 9.17) is 15.3 Å². The molecule has 0 radical (unpaired) electrons. The minimum atomic E-state index is -0.958. The van der Waals surface area contributed by atoms with E-state index in [1.54, 1.807) is 0 Å². The molecule has 0 aromatic carbocycles. The zero-order valence-corrected chi connectivity index (χ0v) is 14.4. The van der Waals surface area contributed by atoms with Crippen LogP contribution >= 0.6 is 24.4 Å². The summed E-state index contributed by atoms with van der Waals surface area (Å²) < 4.78 is 0. The van der Waals surface area contributed by atoms with Crippen molar-refractivity contribution in [3.05, 3.63) is 0 Å². The summed E-state index contributed by atoms with van der Waals surface area (Å²) >= 11 is 5.21. The lowest BCUT2D eigenvalue weighted by Crippen LogP contribution is -2.15. The van der Waals surface area contributed by atoms with Crippen molar-refractivity contribution < 1.29 is 34.5 Å². The fourth-order valence-corrected chi connectivity index (χ4v) is 3.33. The summed E-state index contributed by atoms with van der Waals surface area (Å²) in [6, 6.07) is 0. The van der Waals surface area contributed by atoms with Crippen LogP contribution in [0.3, 0.4) is 0 Å². The van der Waals surface area contributed by atoms with Gasteiger partial charge in [0.15, 0.2) is 5.12 Å². The number of rotatable bonds is 9. The summed E-state index contributed by atoms with van der Waals surface area (Å²) in [4.78, 5) is 41.7. The second-order valence-electron chi connectivity index (χ2n) is 5.07. The Hall–Kier alpha value is -1.22. The third-order valence-electron chi connectivity index (χ3n) is 3.28. The first kappa shape index (κ1) is 21.8. The van der Waals surface area contributed by atoms with E-state index in [1.807, 2.05) is 0 Å². The van der Waals surface area contributed by atoms with Crippen molar-refractivity contribution in [2.45, 2.75) is 38.5 Å². The number of carboxylic acid groups (broad SMARTS) is 3. The molecule has 0 saturated carbocycles. The lowest BCUT2D eigenvalue weighted by atomic mass is 10.0. The Balaban J connectivity index is 0.000000422. The van der Waals surface area contributed by atoms with Crippen molar-refractivity contribution in [3.8, 4) is 0 Å². The Labute approximate surface area is 144 Å². The lowest BCUT2D eigenvalue weighted by Gasteiger charge is -2.07. The number of hydrogen-bond donors (Lipinski definition) is 4. The zero-order chi connectivity index (χ0) is 17.8. The minimum Gasteiger partial charge on any atom is -0.481 e. The molecule has 2 atom stereocenters. The molecular weight excluding hydrogens is 344 g/mol. The maximum Gasteiger partial charge on any atom is 0.306 e. The fourth-order valence-electron chi connectivity index (χ4n) is 1.94. The van der Waals surface area contributed by atoms with Gasteiger partial charge in [0.1, 0.15) is 0 Å². The molecule has 0 aliphatic carbocycles. The van der Waals surface area contributed by atoms with Crippen LogP contribution in [0.1, 0.15) is 38.5 Å². The van der Waals surface area contributed by atoms with Crippen LogP contribution in [0.15, 0.2) is 0 Å². The van der Waals surface area contributed by atoms with Gasteiger partial charge in [-0.05, 0) is 31.4 Å². The predicted molar refractivity (Wildman–Crippen MR) is 88.9 cm³/mol. The Morgan fingerprint density at radius 1 is 1.13 bits per heavy atom. The van der Waals surface area contributed by atoms with Crippen LogP contribution in [-0.4, -0.2) is 49.8 Å². The molecule has 1 aliphatic rings.